The highest BCUT2D eigenvalue weighted by Gasteiger charge is 2.72. The molecule has 334 valence electrons. The quantitative estimate of drug-likeness (QED) is 0.0305. The highest BCUT2D eigenvalue weighted by atomic mass is 33.1. The topological polar surface area (TPSA) is 338 Å². The van der Waals surface area contributed by atoms with Crippen molar-refractivity contribution in [3.63, 3.8) is 0 Å². The molecule has 2 saturated heterocycles. The first kappa shape index (κ1) is 44.8. The molecule has 7 rings (SSSR count). The molecule has 1 aromatic carbocycles. The number of nitrogens with zero attached hydrogens (tertiary/aromatic N) is 4. The molecular formula is C39H46N12O10S2. The fraction of sp³-hybridized carbons (Fsp3) is 0.436. The van der Waals surface area contributed by atoms with Crippen LogP contribution in [0.1, 0.15) is 42.7 Å². The van der Waals surface area contributed by atoms with E-state index in [1.54, 1.807) is 19.1 Å². The highest BCUT2D eigenvalue weighted by Crippen LogP contribution is 2.55. The van der Waals surface area contributed by atoms with E-state index in [1.165, 1.54) is 47.0 Å². The zero-order valence-corrected chi connectivity index (χ0v) is 35.9. The van der Waals surface area contributed by atoms with Gasteiger partial charge in [-0.3, -0.25) is 29.0 Å². The summed E-state index contributed by atoms with van der Waals surface area (Å²) in [6.07, 6.45) is 0.177. The average molecular weight is 907 g/mol. The fourth-order valence-corrected chi connectivity index (χ4v) is 10.3. The molecule has 0 bridgehead atoms. The Hall–Kier alpha value is -6.24. The molecule has 3 aromatic rings. The number of rotatable bonds is 20. The summed E-state index contributed by atoms with van der Waals surface area (Å²) in [4.78, 5) is 106. The van der Waals surface area contributed by atoms with Crippen molar-refractivity contribution in [1.29, 1.82) is 0 Å². The molecule has 2 fully saturated rings. The summed E-state index contributed by atoms with van der Waals surface area (Å²) in [5, 5.41) is 24.7. The van der Waals surface area contributed by atoms with E-state index in [9.17, 15) is 38.7 Å². The summed E-state index contributed by atoms with van der Waals surface area (Å²) in [6, 6.07) is 4.62. The summed E-state index contributed by atoms with van der Waals surface area (Å²) >= 11 is 0. The summed E-state index contributed by atoms with van der Waals surface area (Å²) in [7, 11) is 4.50. The number of primary amides is 1. The van der Waals surface area contributed by atoms with Crippen LogP contribution in [0.2, 0.25) is 0 Å². The number of allylic oxidation sites excluding steroid dienone is 2. The predicted molar refractivity (Wildman–Crippen MR) is 231 cm³/mol. The summed E-state index contributed by atoms with van der Waals surface area (Å²) in [6.45, 7) is 4.22. The largest absolute Gasteiger partial charge is 0.480 e. The zero-order chi connectivity index (χ0) is 45.2. The molecule has 3 aliphatic heterocycles. The monoisotopic (exact) mass is 906 g/mol. The molecule has 0 unspecified atom stereocenters. The predicted octanol–water partition coefficient (Wildman–Crippen LogP) is -0.250. The molecule has 22 nitrogen and oxygen atoms in total. The summed E-state index contributed by atoms with van der Waals surface area (Å²) < 4.78 is 11.2. The van der Waals surface area contributed by atoms with Gasteiger partial charge in [0.2, 0.25) is 23.4 Å². The third-order valence-corrected chi connectivity index (χ3v) is 13.7. The second-order valence-corrected chi connectivity index (χ2v) is 17.9. The van der Waals surface area contributed by atoms with E-state index >= 15 is 0 Å². The number of anilines is 2. The van der Waals surface area contributed by atoms with E-state index in [4.69, 9.17) is 20.9 Å². The number of aliphatic carboxylic acids is 1. The Kier molecular flexibility index (Phi) is 13.2. The number of nitrogen functional groups attached to an aromatic ring is 1. The number of fused-ring (bicyclic) bond motifs is 5. The Morgan fingerprint density at radius 2 is 1.84 bits per heavy atom. The minimum Gasteiger partial charge on any atom is -0.480 e. The molecule has 24 heteroatoms. The minimum absolute atomic E-state index is 0.0418. The number of piperazine rings is 1. The van der Waals surface area contributed by atoms with E-state index < -0.39 is 41.2 Å². The van der Waals surface area contributed by atoms with Crippen LogP contribution < -0.4 is 43.6 Å². The number of carboxylic acid groups (broad SMARTS) is 1. The smallest absolute Gasteiger partial charge is 0.404 e. The third kappa shape index (κ3) is 9.28. The lowest BCUT2D eigenvalue weighted by Crippen LogP contribution is -2.55. The summed E-state index contributed by atoms with van der Waals surface area (Å²) in [5.41, 5.74) is 11.7. The van der Waals surface area contributed by atoms with Crippen LogP contribution >= 0.6 is 21.6 Å². The van der Waals surface area contributed by atoms with E-state index in [1.807, 2.05) is 11.8 Å². The van der Waals surface area contributed by atoms with Gasteiger partial charge in [0.05, 0.1) is 41.8 Å². The number of ether oxygens (including phenoxy) is 2. The number of hydrogen-bond acceptors (Lipinski definition) is 19. The number of nitrogens with two attached hydrogens (primary N) is 2. The van der Waals surface area contributed by atoms with Gasteiger partial charge in [0.1, 0.15) is 12.6 Å². The molecule has 4 aliphatic rings. The van der Waals surface area contributed by atoms with Crippen LogP contribution in [0.3, 0.4) is 0 Å². The molecule has 0 spiro atoms. The number of amides is 3. The maximum absolute atomic E-state index is 14.0. The zero-order valence-electron chi connectivity index (χ0n) is 34.3. The number of hydrogen-bond donors (Lipinski definition) is 9. The molecule has 5 heterocycles. The van der Waals surface area contributed by atoms with Crippen molar-refractivity contribution in [3.05, 3.63) is 74.6 Å². The molecule has 0 radical (unpaired) electrons. The molecule has 0 saturated carbocycles. The average Bonchev–Trinajstić information content (AvgIpc) is 3.86. The van der Waals surface area contributed by atoms with Crippen LogP contribution in [0.15, 0.2) is 57.8 Å². The maximum atomic E-state index is 14.0. The number of carbonyl (C=O) groups is 6. The van der Waals surface area contributed by atoms with Gasteiger partial charge >= 0.3 is 12.1 Å². The summed E-state index contributed by atoms with van der Waals surface area (Å²) in [5.74, 6) is -2.68. The van der Waals surface area contributed by atoms with Gasteiger partial charge < -0.3 is 57.5 Å². The number of benzene rings is 1. The third-order valence-electron chi connectivity index (χ3n) is 11.1. The SMILES string of the molecule is CO[C@@]12[C@H](COC(N)=O)C3=C(C(=O)C(C)=C(NCCSSC[C@@H](C)NC(=O)CC[C@@H](NC(=O)c4ccc(NCc5cnc6nc(N)[nH]c(=O)c6n5)cc4)C(=O)O)C3=O)N1C[C@@H]1N[C@@H]12. The van der Waals surface area contributed by atoms with Crippen LogP contribution in [0, 0.1) is 5.92 Å². The number of aromatic nitrogens is 4. The molecule has 6 atom stereocenters. The van der Waals surface area contributed by atoms with Crippen molar-refractivity contribution in [2.24, 2.45) is 11.7 Å². The number of ketones is 2. The standard InChI is InChI=1S/C39H46N12O10S2/c1-17(16-63-62-11-10-42-27-18(2)30(53)29-26(31(27)54)22(15-61-38(41)59)39(60-3)32-24(47-32)14-51(29)39)45-25(52)9-8-23(36(57)58)48-34(55)19-4-6-20(7-5-19)43-12-21-13-44-33-28(46-21)35(56)50-37(40)49-33/h4-7,13,17,22-24,32,42-43,47H,8-12,14-16H2,1-3H3,(H2,41,59)(H,45,52)(H,48,55)(H,57,58)(H3,40,44,49,50,56)/t17-,22-,23-,24+,32+,39-/m1/s1. The fourth-order valence-electron chi connectivity index (χ4n) is 8.08. The van der Waals surface area contributed by atoms with Crippen molar-refractivity contribution in [2.45, 2.75) is 63.1 Å². The van der Waals surface area contributed by atoms with Crippen LogP contribution in [0.5, 0.6) is 0 Å². The van der Waals surface area contributed by atoms with Crippen molar-refractivity contribution in [1.82, 2.24) is 46.1 Å². The van der Waals surface area contributed by atoms with Crippen LogP contribution in [-0.2, 0) is 35.2 Å². The van der Waals surface area contributed by atoms with E-state index in [2.05, 4.69) is 46.5 Å². The van der Waals surface area contributed by atoms with Crippen LogP contribution in [-0.4, -0.2) is 134 Å². The molecule has 2 aromatic heterocycles. The first-order valence-corrected chi connectivity index (χ1v) is 22.3. The van der Waals surface area contributed by atoms with E-state index in [-0.39, 0.29) is 107 Å². The van der Waals surface area contributed by atoms with Gasteiger partial charge in [-0.15, -0.1) is 0 Å². The number of carbonyl (C=O) groups excluding carboxylic acids is 5. The second-order valence-electron chi connectivity index (χ2n) is 15.2. The van der Waals surface area contributed by atoms with E-state index in [0.29, 0.717) is 36.0 Å². The van der Waals surface area contributed by atoms with Crippen LogP contribution in [0.25, 0.3) is 11.2 Å². The molecule has 3 amide bonds. The van der Waals surface area contributed by atoms with Gasteiger partial charge in [-0.05, 0) is 44.5 Å². The van der Waals surface area contributed by atoms with Crippen molar-refractivity contribution in [3.8, 4) is 0 Å². The van der Waals surface area contributed by atoms with Gasteiger partial charge in [0, 0.05) is 72.6 Å². The highest BCUT2D eigenvalue weighted by molar-refractivity contribution is 8.76. The Morgan fingerprint density at radius 3 is 2.56 bits per heavy atom. The number of Topliss-reactive ketones (excluding diaryl/α,β-unsaturated/α-hetero) is 2. The van der Waals surface area contributed by atoms with Gasteiger partial charge in [0.25, 0.3) is 11.5 Å². The maximum Gasteiger partial charge on any atom is 0.404 e. The van der Waals surface area contributed by atoms with Crippen molar-refractivity contribution in [2.75, 3.05) is 49.4 Å². The number of H-pyrrole nitrogens is 1. The Bertz CT molecular complexity index is 2480. The van der Waals surface area contributed by atoms with Crippen LogP contribution in [0.4, 0.5) is 16.4 Å². The molecule has 11 N–H and O–H groups in total. The number of methoxy groups -OCH3 is 1. The minimum atomic E-state index is -1.31. The number of aromatic amines is 1. The lowest BCUT2D eigenvalue weighted by Gasteiger charge is -2.39. The van der Waals surface area contributed by atoms with Gasteiger partial charge in [-0.1, -0.05) is 21.6 Å². The van der Waals surface area contributed by atoms with Gasteiger partial charge in [-0.2, -0.15) is 4.98 Å². The number of nitrogens with one attached hydrogen (secondary N) is 6. The Labute approximate surface area is 366 Å². The van der Waals surface area contributed by atoms with Gasteiger partial charge in [0.15, 0.2) is 16.9 Å². The van der Waals surface area contributed by atoms with E-state index in [0.717, 1.165) is 0 Å². The lowest BCUT2D eigenvalue weighted by atomic mass is 9.82. The first-order chi connectivity index (χ1) is 30.1. The Morgan fingerprint density at radius 1 is 1.08 bits per heavy atom. The second kappa shape index (κ2) is 18.6. The number of carboxylic acids is 1. The normalized spacial score (nSPS) is 22.0. The Balaban J connectivity index is 0.812. The molecule has 1 aliphatic carbocycles. The first-order valence-electron chi connectivity index (χ1n) is 19.8. The molecular weight excluding hydrogens is 861 g/mol. The van der Waals surface area contributed by atoms with Gasteiger partial charge in [-0.25, -0.2) is 19.6 Å². The van der Waals surface area contributed by atoms with Crippen molar-refractivity contribution >= 4 is 79.8 Å². The lowest BCUT2D eigenvalue weighted by molar-refractivity contribution is -0.139. The van der Waals surface area contributed by atoms with Crippen molar-refractivity contribution < 1.29 is 43.3 Å². The molecule has 63 heavy (non-hydrogen) atoms.